The summed E-state index contributed by atoms with van der Waals surface area (Å²) < 4.78 is 28.7. The maximum Gasteiger partial charge on any atom is 0.283 e. The zero-order chi connectivity index (χ0) is 30.7. The maximum absolute atomic E-state index is 13.7. The molecular formula is C29H28N6O6S2. The van der Waals surface area contributed by atoms with Crippen molar-refractivity contribution in [3.8, 4) is 0 Å². The van der Waals surface area contributed by atoms with E-state index in [0.29, 0.717) is 35.8 Å². The Kier molecular flexibility index (Phi) is 8.71. The van der Waals surface area contributed by atoms with Gasteiger partial charge in [0.1, 0.15) is 4.90 Å². The number of aromatic nitrogens is 1. The number of nitro groups is 2. The summed E-state index contributed by atoms with van der Waals surface area (Å²) in [7, 11) is -4.09. The number of fused-ring (bicyclic) bond motifs is 1. The van der Waals surface area contributed by atoms with Crippen LogP contribution in [0.1, 0.15) is 32.3 Å². The first-order chi connectivity index (χ1) is 20.5. The minimum atomic E-state index is -4.09. The molecule has 1 fully saturated rings. The molecule has 14 heteroatoms. The number of piperidine rings is 1. The van der Waals surface area contributed by atoms with Gasteiger partial charge in [-0.2, -0.15) is 9.41 Å². The number of nitrogens with zero attached hydrogens (tertiary/aromatic N) is 5. The van der Waals surface area contributed by atoms with Crippen LogP contribution in [0.25, 0.3) is 10.9 Å². The molecule has 0 bridgehead atoms. The van der Waals surface area contributed by atoms with Gasteiger partial charge in [0.2, 0.25) is 10.0 Å². The molecule has 0 radical (unpaired) electrons. The second kappa shape index (κ2) is 12.5. The monoisotopic (exact) mass is 620 g/mol. The Morgan fingerprint density at radius 1 is 1.02 bits per heavy atom. The normalized spacial score (nSPS) is 17.7. The van der Waals surface area contributed by atoms with Crippen LogP contribution in [0, 0.1) is 26.1 Å². The lowest BCUT2D eigenvalue weighted by atomic mass is 9.95. The molecule has 0 saturated carbocycles. The molecule has 1 N–H and O–H groups in total. The van der Waals surface area contributed by atoms with Gasteiger partial charge in [-0.1, -0.05) is 43.0 Å². The van der Waals surface area contributed by atoms with Crippen molar-refractivity contribution in [2.75, 3.05) is 12.0 Å². The molecular weight excluding hydrogens is 592 g/mol. The summed E-state index contributed by atoms with van der Waals surface area (Å²) in [5.41, 5.74) is 3.37. The molecule has 4 aromatic rings. The van der Waals surface area contributed by atoms with E-state index < -0.39 is 19.9 Å². The van der Waals surface area contributed by atoms with Gasteiger partial charge in [-0.15, -0.1) is 0 Å². The fourth-order valence-electron chi connectivity index (χ4n) is 5.10. The van der Waals surface area contributed by atoms with Gasteiger partial charge in [0.25, 0.3) is 11.4 Å². The van der Waals surface area contributed by atoms with Crippen molar-refractivity contribution in [3.63, 3.8) is 0 Å². The average molecular weight is 621 g/mol. The lowest BCUT2D eigenvalue weighted by Gasteiger charge is -2.35. The lowest BCUT2D eigenvalue weighted by Crippen LogP contribution is -2.44. The van der Waals surface area contributed by atoms with E-state index in [2.05, 4.69) is 22.4 Å². The van der Waals surface area contributed by atoms with Crippen molar-refractivity contribution < 1.29 is 18.3 Å². The number of non-ortho nitro benzene ring substituents is 1. The first kappa shape index (κ1) is 30.1. The molecule has 0 unspecified atom stereocenters. The third-order valence-corrected chi connectivity index (χ3v) is 10.4. The van der Waals surface area contributed by atoms with Gasteiger partial charge in [-0.05, 0) is 49.9 Å². The predicted molar refractivity (Wildman–Crippen MR) is 165 cm³/mol. The molecule has 3 aromatic carbocycles. The highest BCUT2D eigenvalue weighted by molar-refractivity contribution is 7.99. The highest BCUT2D eigenvalue weighted by atomic mass is 32.2. The third kappa shape index (κ3) is 6.50. The minimum absolute atomic E-state index is 0.0535. The standard InChI is InChI=1S/C29H28N6O6S2/c1-19-12-14-33(20(2)15-19)43(40,41)28-17-23(34(36)37)9-10-24(28)32-31-18-21-8-11-26(25(16-21)35(38)39)42-27-7-3-5-22-6-4-13-30-29(22)27/h3-11,13,16-20,32H,12,14-15H2,1-2H3/b31-18-/t19-,20+/m1/s1. The van der Waals surface area contributed by atoms with Crippen LogP contribution >= 0.6 is 11.8 Å². The van der Waals surface area contributed by atoms with E-state index >= 15 is 0 Å². The van der Waals surface area contributed by atoms with Crippen molar-refractivity contribution >= 4 is 56.0 Å². The predicted octanol–water partition coefficient (Wildman–Crippen LogP) is 6.46. The fourth-order valence-corrected chi connectivity index (χ4v) is 7.94. The van der Waals surface area contributed by atoms with Crippen LogP contribution in [-0.4, -0.2) is 46.4 Å². The van der Waals surface area contributed by atoms with Gasteiger partial charge in [-0.25, -0.2) is 8.42 Å². The number of para-hydroxylation sites is 1. The summed E-state index contributed by atoms with van der Waals surface area (Å²) in [5, 5.41) is 28.5. The maximum atomic E-state index is 13.7. The molecule has 1 aromatic heterocycles. The molecule has 1 saturated heterocycles. The number of hydrogen-bond donors (Lipinski definition) is 1. The first-order valence-corrected chi connectivity index (χ1v) is 15.7. The van der Waals surface area contributed by atoms with Gasteiger partial charge < -0.3 is 0 Å². The summed E-state index contributed by atoms with van der Waals surface area (Å²) in [6.07, 6.45) is 4.36. The quantitative estimate of drug-likeness (QED) is 0.126. The molecule has 0 spiro atoms. The van der Waals surface area contributed by atoms with Crippen LogP contribution in [0.4, 0.5) is 17.1 Å². The number of pyridine rings is 1. The molecule has 43 heavy (non-hydrogen) atoms. The SMILES string of the molecule is C[C@@H]1CCN(S(=O)(=O)c2cc([N+](=O)[O-])ccc2N/N=C\c2ccc(Sc3cccc4cccnc34)c([N+](=O)[O-])c2)[C@@H](C)C1. The van der Waals surface area contributed by atoms with Crippen molar-refractivity contribution in [2.24, 2.45) is 11.0 Å². The Hall–Kier alpha value is -4.40. The average Bonchev–Trinajstić information content (AvgIpc) is 2.97. The molecule has 1 aliphatic heterocycles. The van der Waals surface area contributed by atoms with Crippen molar-refractivity contribution in [2.45, 2.75) is 47.4 Å². The Balaban J connectivity index is 1.42. The van der Waals surface area contributed by atoms with E-state index in [1.807, 2.05) is 37.3 Å². The second-order valence-corrected chi connectivity index (χ2v) is 13.3. The largest absolute Gasteiger partial charge is 0.283 e. The Labute approximate surface area is 252 Å². The zero-order valence-electron chi connectivity index (χ0n) is 23.3. The molecule has 0 amide bonds. The number of anilines is 1. The highest BCUT2D eigenvalue weighted by Gasteiger charge is 2.35. The topological polar surface area (TPSA) is 161 Å². The third-order valence-electron chi connectivity index (χ3n) is 7.23. The van der Waals surface area contributed by atoms with Crippen molar-refractivity contribution in [1.29, 1.82) is 0 Å². The van der Waals surface area contributed by atoms with Crippen LogP contribution in [-0.2, 0) is 10.0 Å². The Morgan fingerprint density at radius 2 is 1.81 bits per heavy atom. The van der Waals surface area contributed by atoms with Crippen LogP contribution < -0.4 is 5.43 Å². The van der Waals surface area contributed by atoms with Gasteiger partial charge in [-0.3, -0.25) is 30.6 Å². The first-order valence-electron chi connectivity index (χ1n) is 13.4. The number of benzene rings is 3. The molecule has 222 valence electrons. The number of hydrazone groups is 1. The molecule has 12 nitrogen and oxygen atoms in total. The van der Waals surface area contributed by atoms with Crippen LogP contribution in [0.5, 0.6) is 0 Å². The highest BCUT2D eigenvalue weighted by Crippen LogP contribution is 2.38. The van der Waals surface area contributed by atoms with Gasteiger partial charge >= 0.3 is 0 Å². The Bertz CT molecular complexity index is 1840. The van der Waals surface area contributed by atoms with E-state index in [1.165, 1.54) is 40.5 Å². The number of nitrogens with one attached hydrogen (secondary N) is 1. The summed E-state index contributed by atoms with van der Waals surface area (Å²) in [4.78, 5) is 27.6. The van der Waals surface area contributed by atoms with Crippen molar-refractivity contribution in [1.82, 2.24) is 9.29 Å². The van der Waals surface area contributed by atoms with Gasteiger partial charge in [0.15, 0.2) is 0 Å². The smallest absolute Gasteiger partial charge is 0.277 e. The van der Waals surface area contributed by atoms with Crippen LogP contribution in [0.15, 0.2) is 92.7 Å². The van der Waals surface area contributed by atoms with E-state index in [-0.39, 0.29) is 28.0 Å². The summed E-state index contributed by atoms with van der Waals surface area (Å²) in [5.74, 6) is 0.367. The molecule has 0 aliphatic carbocycles. The van der Waals surface area contributed by atoms with Gasteiger partial charge in [0, 0.05) is 52.8 Å². The molecule has 2 heterocycles. The second-order valence-electron chi connectivity index (χ2n) is 10.3. The lowest BCUT2D eigenvalue weighted by molar-refractivity contribution is -0.387. The zero-order valence-corrected chi connectivity index (χ0v) is 24.9. The summed E-state index contributed by atoms with van der Waals surface area (Å²) >= 11 is 1.23. The van der Waals surface area contributed by atoms with E-state index in [0.717, 1.165) is 21.9 Å². The fraction of sp³-hybridized carbons (Fsp3) is 0.241. The van der Waals surface area contributed by atoms with E-state index in [1.54, 1.807) is 18.3 Å². The number of sulfonamides is 1. The number of rotatable bonds is 9. The minimum Gasteiger partial charge on any atom is -0.277 e. The summed E-state index contributed by atoms with van der Waals surface area (Å²) in [6.45, 7) is 4.19. The van der Waals surface area contributed by atoms with Gasteiger partial charge in [0.05, 0.1) is 32.2 Å². The van der Waals surface area contributed by atoms with Crippen LogP contribution in [0.2, 0.25) is 0 Å². The summed E-state index contributed by atoms with van der Waals surface area (Å²) in [6, 6.07) is 17.3. The number of hydrogen-bond acceptors (Lipinski definition) is 10. The van der Waals surface area contributed by atoms with Crippen molar-refractivity contribution in [3.05, 3.63) is 98.7 Å². The molecule has 5 rings (SSSR count). The molecule has 1 aliphatic rings. The van der Waals surface area contributed by atoms with E-state index in [9.17, 15) is 28.6 Å². The van der Waals surface area contributed by atoms with E-state index in [4.69, 9.17) is 0 Å². The molecule has 2 atom stereocenters. The number of nitro benzene ring substituents is 2. The van der Waals surface area contributed by atoms with Crippen LogP contribution in [0.3, 0.4) is 0 Å². The Morgan fingerprint density at radius 3 is 2.56 bits per heavy atom.